The molecule has 98 valence electrons. The highest BCUT2D eigenvalue weighted by molar-refractivity contribution is 9.10. The number of nitrogens with one attached hydrogen (secondary N) is 1. The summed E-state index contributed by atoms with van der Waals surface area (Å²) in [7, 11) is 0. The largest absolute Gasteiger partial charge is 0.306 e. The highest BCUT2D eigenvalue weighted by Crippen LogP contribution is 2.19. The summed E-state index contributed by atoms with van der Waals surface area (Å²) < 4.78 is 14.4. The molecule has 0 radical (unpaired) electrons. The standard InChI is InChI=1S/C13H9BrClFN2O/c1-7-4-12(17-6-10(7)14)18-13(19)9-5-8(15)2-3-11(9)16/h2-6H,1H3,(H,17,18,19). The lowest BCUT2D eigenvalue weighted by atomic mass is 10.2. The lowest BCUT2D eigenvalue weighted by molar-refractivity contribution is 0.102. The highest BCUT2D eigenvalue weighted by atomic mass is 79.9. The van der Waals surface area contributed by atoms with Crippen molar-refractivity contribution in [3.8, 4) is 0 Å². The number of aryl methyl sites for hydroxylation is 1. The van der Waals surface area contributed by atoms with Crippen molar-refractivity contribution < 1.29 is 9.18 Å². The number of aromatic nitrogens is 1. The van der Waals surface area contributed by atoms with Gasteiger partial charge in [0.25, 0.3) is 5.91 Å². The maximum atomic E-state index is 13.5. The number of hydrogen-bond donors (Lipinski definition) is 1. The SMILES string of the molecule is Cc1cc(NC(=O)c2cc(Cl)ccc2F)ncc1Br. The predicted octanol–water partition coefficient (Wildman–Crippen LogP) is 4.20. The first kappa shape index (κ1) is 14.0. The van der Waals surface area contributed by atoms with Crippen LogP contribution in [0, 0.1) is 12.7 Å². The van der Waals surface area contributed by atoms with Crippen LogP contribution in [0.2, 0.25) is 5.02 Å². The molecule has 0 saturated heterocycles. The van der Waals surface area contributed by atoms with E-state index in [0.717, 1.165) is 16.1 Å². The third-order valence-electron chi connectivity index (χ3n) is 2.46. The summed E-state index contributed by atoms with van der Waals surface area (Å²) in [5.41, 5.74) is 0.798. The molecule has 3 nitrogen and oxygen atoms in total. The Kier molecular flexibility index (Phi) is 4.17. The van der Waals surface area contributed by atoms with Gasteiger partial charge in [-0.15, -0.1) is 0 Å². The molecule has 0 bridgehead atoms. The van der Waals surface area contributed by atoms with E-state index in [1.165, 1.54) is 12.1 Å². The monoisotopic (exact) mass is 342 g/mol. The summed E-state index contributed by atoms with van der Waals surface area (Å²) in [6.45, 7) is 1.86. The molecule has 0 saturated carbocycles. The summed E-state index contributed by atoms with van der Waals surface area (Å²) in [5, 5.41) is 2.82. The minimum absolute atomic E-state index is 0.116. The van der Waals surface area contributed by atoms with Crippen LogP contribution in [-0.4, -0.2) is 10.9 Å². The highest BCUT2D eigenvalue weighted by Gasteiger charge is 2.13. The van der Waals surface area contributed by atoms with Gasteiger partial charge in [0.15, 0.2) is 0 Å². The molecule has 0 atom stereocenters. The summed E-state index contributed by atoms with van der Waals surface area (Å²) in [5.74, 6) is -0.866. The van der Waals surface area contributed by atoms with Crippen molar-refractivity contribution in [1.82, 2.24) is 4.98 Å². The van der Waals surface area contributed by atoms with Gasteiger partial charge in [-0.25, -0.2) is 9.37 Å². The predicted molar refractivity (Wildman–Crippen MR) is 76.0 cm³/mol. The Balaban J connectivity index is 2.25. The third kappa shape index (κ3) is 3.30. The first-order valence-corrected chi connectivity index (χ1v) is 6.53. The van der Waals surface area contributed by atoms with Gasteiger partial charge in [0, 0.05) is 15.7 Å². The molecule has 2 aromatic rings. The molecule has 0 fully saturated rings. The zero-order chi connectivity index (χ0) is 14.0. The Morgan fingerprint density at radius 1 is 1.42 bits per heavy atom. The second-order valence-corrected chi connectivity index (χ2v) is 5.19. The van der Waals surface area contributed by atoms with Gasteiger partial charge in [-0.2, -0.15) is 0 Å². The topological polar surface area (TPSA) is 42.0 Å². The van der Waals surface area contributed by atoms with Crippen LogP contribution in [0.3, 0.4) is 0 Å². The molecule has 1 amide bonds. The van der Waals surface area contributed by atoms with Crippen molar-refractivity contribution in [1.29, 1.82) is 0 Å². The first-order valence-electron chi connectivity index (χ1n) is 5.36. The molecule has 1 heterocycles. The number of pyridine rings is 1. The van der Waals surface area contributed by atoms with E-state index in [9.17, 15) is 9.18 Å². The molecule has 0 spiro atoms. The maximum Gasteiger partial charge on any atom is 0.259 e. The van der Waals surface area contributed by atoms with Crippen LogP contribution < -0.4 is 5.32 Å². The van der Waals surface area contributed by atoms with Gasteiger partial charge < -0.3 is 5.32 Å². The molecule has 1 N–H and O–H groups in total. The molecule has 1 aromatic heterocycles. The minimum atomic E-state index is -0.629. The smallest absolute Gasteiger partial charge is 0.259 e. The molecule has 19 heavy (non-hydrogen) atoms. The fourth-order valence-corrected chi connectivity index (χ4v) is 1.85. The van der Waals surface area contributed by atoms with Crippen molar-refractivity contribution in [2.45, 2.75) is 6.92 Å². The summed E-state index contributed by atoms with van der Waals surface area (Å²) >= 11 is 9.05. The fourth-order valence-electron chi connectivity index (χ4n) is 1.46. The van der Waals surface area contributed by atoms with Crippen LogP contribution in [0.1, 0.15) is 15.9 Å². The molecule has 6 heteroatoms. The van der Waals surface area contributed by atoms with Crippen molar-refractivity contribution in [3.63, 3.8) is 0 Å². The van der Waals surface area contributed by atoms with Crippen molar-refractivity contribution in [3.05, 3.63) is 56.9 Å². The zero-order valence-electron chi connectivity index (χ0n) is 9.88. The molecular weight excluding hydrogens is 335 g/mol. The van der Waals surface area contributed by atoms with Gasteiger partial charge in [-0.05, 0) is 52.7 Å². The van der Waals surface area contributed by atoms with Crippen LogP contribution >= 0.6 is 27.5 Å². The summed E-state index contributed by atoms with van der Waals surface area (Å²) in [6, 6.07) is 5.50. The van der Waals surface area contributed by atoms with E-state index in [2.05, 4.69) is 26.2 Å². The quantitative estimate of drug-likeness (QED) is 0.888. The van der Waals surface area contributed by atoms with E-state index in [0.29, 0.717) is 10.8 Å². The van der Waals surface area contributed by atoms with Crippen LogP contribution in [0.25, 0.3) is 0 Å². The van der Waals surface area contributed by atoms with E-state index >= 15 is 0 Å². The van der Waals surface area contributed by atoms with Crippen LogP contribution in [-0.2, 0) is 0 Å². The van der Waals surface area contributed by atoms with E-state index in [1.807, 2.05) is 6.92 Å². The average Bonchev–Trinajstić information content (AvgIpc) is 2.36. The van der Waals surface area contributed by atoms with Crippen molar-refractivity contribution in [2.24, 2.45) is 0 Å². The number of anilines is 1. The van der Waals surface area contributed by atoms with Crippen LogP contribution in [0.4, 0.5) is 10.2 Å². The normalized spacial score (nSPS) is 10.3. The number of amides is 1. The third-order valence-corrected chi connectivity index (χ3v) is 3.53. The summed E-state index contributed by atoms with van der Waals surface area (Å²) in [4.78, 5) is 15.9. The van der Waals surface area contributed by atoms with Gasteiger partial charge in [0.1, 0.15) is 11.6 Å². The molecule has 1 aromatic carbocycles. The Morgan fingerprint density at radius 2 is 2.16 bits per heavy atom. The van der Waals surface area contributed by atoms with Gasteiger partial charge in [-0.1, -0.05) is 11.6 Å². The second-order valence-electron chi connectivity index (χ2n) is 3.90. The first-order chi connectivity index (χ1) is 8.97. The van der Waals surface area contributed by atoms with E-state index in [1.54, 1.807) is 12.3 Å². The lowest BCUT2D eigenvalue weighted by Crippen LogP contribution is -2.14. The lowest BCUT2D eigenvalue weighted by Gasteiger charge is -2.07. The van der Waals surface area contributed by atoms with E-state index in [4.69, 9.17) is 11.6 Å². The van der Waals surface area contributed by atoms with Crippen LogP contribution in [0.15, 0.2) is 34.9 Å². The Hall–Kier alpha value is -1.46. The van der Waals surface area contributed by atoms with E-state index < -0.39 is 11.7 Å². The number of hydrogen-bond acceptors (Lipinski definition) is 2. The molecule has 0 unspecified atom stereocenters. The molecule has 0 aliphatic carbocycles. The molecule has 2 rings (SSSR count). The molecule has 0 aliphatic heterocycles. The second kappa shape index (κ2) is 5.67. The minimum Gasteiger partial charge on any atom is -0.306 e. The van der Waals surface area contributed by atoms with Gasteiger partial charge in [0.2, 0.25) is 0 Å². The summed E-state index contributed by atoms with van der Waals surface area (Å²) in [6.07, 6.45) is 1.57. The number of benzene rings is 1. The van der Waals surface area contributed by atoms with Gasteiger partial charge in [-0.3, -0.25) is 4.79 Å². The Bertz CT molecular complexity index is 649. The van der Waals surface area contributed by atoms with Crippen molar-refractivity contribution >= 4 is 39.3 Å². The number of carbonyl (C=O) groups excluding carboxylic acids is 1. The molecule has 0 aliphatic rings. The number of rotatable bonds is 2. The molecular formula is C13H9BrClFN2O. The maximum absolute atomic E-state index is 13.5. The fraction of sp³-hybridized carbons (Fsp3) is 0.0769. The Labute approximate surface area is 122 Å². The van der Waals surface area contributed by atoms with Gasteiger partial charge >= 0.3 is 0 Å². The van der Waals surface area contributed by atoms with Crippen molar-refractivity contribution in [2.75, 3.05) is 5.32 Å². The number of carbonyl (C=O) groups is 1. The number of halogens is 3. The van der Waals surface area contributed by atoms with Gasteiger partial charge in [0.05, 0.1) is 5.56 Å². The average molecular weight is 344 g/mol. The Morgan fingerprint density at radius 3 is 2.84 bits per heavy atom. The number of nitrogens with zero attached hydrogens (tertiary/aromatic N) is 1. The van der Waals surface area contributed by atoms with Crippen LogP contribution in [0.5, 0.6) is 0 Å². The van der Waals surface area contributed by atoms with E-state index in [-0.39, 0.29) is 5.56 Å². The zero-order valence-corrected chi connectivity index (χ0v) is 12.2.